The van der Waals surface area contributed by atoms with Crippen LogP contribution in [0.15, 0.2) is 63.1 Å². The van der Waals surface area contributed by atoms with Crippen molar-refractivity contribution in [3.05, 3.63) is 66.1 Å². The Labute approximate surface area is 177 Å². The van der Waals surface area contributed by atoms with Gasteiger partial charge in [0.05, 0.1) is 5.75 Å². The van der Waals surface area contributed by atoms with Crippen molar-refractivity contribution in [2.24, 2.45) is 0 Å². The second-order valence-electron chi connectivity index (χ2n) is 6.04. The Balaban J connectivity index is 1.70. The van der Waals surface area contributed by atoms with Crippen molar-refractivity contribution in [1.82, 2.24) is 24.9 Å². The molecule has 4 rings (SSSR count). The zero-order chi connectivity index (χ0) is 21.1. The van der Waals surface area contributed by atoms with Gasteiger partial charge in [0.2, 0.25) is 5.89 Å². The highest BCUT2D eigenvalue weighted by Crippen LogP contribution is 2.31. The predicted octanol–water partition coefficient (Wildman–Crippen LogP) is 5.37. The van der Waals surface area contributed by atoms with E-state index in [-0.39, 0.29) is 5.82 Å². The van der Waals surface area contributed by atoms with E-state index < -0.39 is 5.76 Å². The van der Waals surface area contributed by atoms with Gasteiger partial charge in [-0.2, -0.15) is 13.8 Å². The van der Waals surface area contributed by atoms with Crippen LogP contribution in [0.4, 0.5) is 13.2 Å². The molecule has 0 bridgehead atoms. The lowest BCUT2D eigenvalue weighted by Crippen LogP contribution is -2.00. The van der Waals surface area contributed by atoms with Crippen LogP contribution in [-0.4, -0.2) is 30.7 Å². The number of hydrogen-bond acceptors (Lipinski definition) is 7. The SMILES string of the molecule is Cc1noc(CSc2nnc(-c3ccc(F)cc3)n2-c2ccc(SC(F)F)cc2)n1. The lowest BCUT2D eigenvalue weighted by Gasteiger charge is -2.11. The van der Waals surface area contributed by atoms with E-state index >= 15 is 0 Å². The van der Waals surface area contributed by atoms with Gasteiger partial charge < -0.3 is 4.52 Å². The standard InChI is InChI=1S/C19H14F3N5OS2/c1-11-23-16(28-26-11)10-29-19-25-24-17(12-2-4-13(20)5-3-12)27(19)14-6-8-15(9-7-14)30-18(21)22/h2-9,18H,10H2,1H3. The number of halogens is 3. The van der Waals surface area contributed by atoms with Gasteiger partial charge in [0.1, 0.15) is 5.82 Å². The van der Waals surface area contributed by atoms with Gasteiger partial charge in [-0.1, -0.05) is 28.7 Å². The van der Waals surface area contributed by atoms with Crippen LogP contribution in [-0.2, 0) is 5.75 Å². The van der Waals surface area contributed by atoms with Crippen LogP contribution in [0.25, 0.3) is 17.1 Å². The van der Waals surface area contributed by atoms with E-state index in [1.165, 1.54) is 23.9 Å². The van der Waals surface area contributed by atoms with Gasteiger partial charge in [0.15, 0.2) is 16.8 Å². The maximum absolute atomic E-state index is 13.4. The fourth-order valence-corrected chi connectivity index (χ4v) is 3.97. The highest BCUT2D eigenvalue weighted by atomic mass is 32.2. The van der Waals surface area contributed by atoms with Crippen LogP contribution in [0.1, 0.15) is 11.7 Å². The molecular weight excluding hydrogens is 435 g/mol. The van der Waals surface area contributed by atoms with Gasteiger partial charge in [-0.15, -0.1) is 10.2 Å². The molecule has 2 aromatic carbocycles. The summed E-state index contributed by atoms with van der Waals surface area (Å²) < 4.78 is 45.5. The highest BCUT2D eigenvalue weighted by molar-refractivity contribution is 7.99. The second-order valence-corrected chi connectivity index (χ2v) is 8.05. The first-order chi connectivity index (χ1) is 14.5. The fraction of sp³-hybridized carbons (Fsp3) is 0.158. The molecular formula is C19H14F3N5OS2. The molecule has 0 radical (unpaired) electrons. The Bertz CT molecular complexity index is 1130. The topological polar surface area (TPSA) is 69.6 Å². The molecule has 4 aromatic rings. The summed E-state index contributed by atoms with van der Waals surface area (Å²) >= 11 is 1.81. The molecule has 2 aromatic heterocycles. The van der Waals surface area contributed by atoms with E-state index in [4.69, 9.17) is 4.52 Å². The summed E-state index contributed by atoms with van der Waals surface area (Å²) in [6.45, 7) is 1.73. The number of nitrogens with zero attached hydrogens (tertiary/aromatic N) is 5. The first-order valence-electron chi connectivity index (χ1n) is 8.68. The fourth-order valence-electron chi connectivity index (χ4n) is 2.68. The third-order valence-corrected chi connectivity index (χ3v) is 5.59. The van der Waals surface area contributed by atoms with Crippen LogP contribution < -0.4 is 0 Å². The lowest BCUT2D eigenvalue weighted by molar-refractivity contribution is 0.252. The van der Waals surface area contributed by atoms with E-state index in [0.717, 1.165) is 0 Å². The maximum atomic E-state index is 13.4. The van der Waals surface area contributed by atoms with E-state index in [2.05, 4.69) is 20.3 Å². The number of benzene rings is 2. The van der Waals surface area contributed by atoms with Crippen molar-refractivity contribution < 1.29 is 17.7 Å². The van der Waals surface area contributed by atoms with Crippen molar-refractivity contribution >= 4 is 23.5 Å². The van der Waals surface area contributed by atoms with Gasteiger partial charge in [-0.3, -0.25) is 4.57 Å². The van der Waals surface area contributed by atoms with E-state index in [9.17, 15) is 13.2 Å². The van der Waals surface area contributed by atoms with Gasteiger partial charge in [0, 0.05) is 16.1 Å². The van der Waals surface area contributed by atoms with Gasteiger partial charge in [0.25, 0.3) is 5.76 Å². The van der Waals surface area contributed by atoms with Crippen LogP contribution >= 0.6 is 23.5 Å². The molecule has 0 atom stereocenters. The second kappa shape index (κ2) is 8.92. The largest absolute Gasteiger partial charge is 0.338 e. The Morgan fingerprint density at radius 2 is 1.77 bits per heavy atom. The van der Waals surface area contributed by atoms with E-state index in [0.29, 0.717) is 56.4 Å². The quantitative estimate of drug-likeness (QED) is 0.351. The van der Waals surface area contributed by atoms with Gasteiger partial charge in [-0.25, -0.2) is 4.39 Å². The molecule has 11 heteroatoms. The number of rotatable bonds is 7. The smallest absolute Gasteiger partial charge is 0.288 e. The summed E-state index contributed by atoms with van der Waals surface area (Å²) in [6.07, 6.45) is 0. The summed E-state index contributed by atoms with van der Waals surface area (Å²) in [5.41, 5.74) is 1.34. The zero-order valence-corrected chi connectivity index (χ0v) is 17.1. The summed E-state index contributed by atoms with van der Waals surface area (Å²) in [4.78, 5) is 4.62. The van der Waals surface area contributed by atoms with Gasteiger partial charge >= 0.3 is 0 Å². The molecule has 30 heavy (non-hydrogen) atoms. The van der Waals surface area contributed by atoms with E-state index in [1.807, 2.05) is 0 Å². The lowest BCUT2D eigenvalue weighted by atomic mass is 10.2. The molecule has 0 aliphatic rings. The van der Waals surface area contributed by atoms with Crippen LogP contribution in [0, 0.1) is 12.7 Å². The molecule has 0 fully saturated rings. The number of thioether (sulfide) groups is 2. The Hall–Kier alpha value is -2.79. The van der Waals surface area contributed by atoms with Crippen molar-refractivity contribution in [2.75, 3.05) is 0 Å². The molecule has 0 unspecified atom stereocenters. The highest BCUT2D eigenvalue weighted by Gasteiger charge is 2.18. The first kappa shape index (κ1) is 20.5. The normalized spacial score (nSPS) is 11.4. The number of alkyl halides is 2. The molecule has 2 heterocycles. The predicted molar refractivity (Wildman–Crippen MR) is 107 cm³/mol. The molecule has 0 N–H and O–H groups in total. The summed E-state index contributed by atoms with van der Waals surface area (Å²) in [6, 6.07) is 12.5. The maximum Gasteiger partial charge on any atom is 0.288 e. The molecule has 154 valence electrons. The summed E-state index contributed by atoms with van der Waals surface area (Å²) in [7, 11) is 0. The van der Waals surface area contributed by atoms with E-state index in [1.54, 1.807) is 47.9 Å². The molecule has 0 saturated heterocycles. The number of hydrogen-bond donors (Lipinski definition) is 0. The van der Waals surface area contributed by atoms with Gasteiger partial charge in [-0.05, 0) is 55.5 Å². The summed E-state index contributed by atoms with van der Waals surface area (Å²) in [5.74, 6) is -1.01. The molecule has 0 aliphatic carbocycles. The van der Waals surface area contributed by atoms with Crippen molar-refractivity contribution in [3.8, 4) is 17.1 Å². The molecule has 0 amide bonds. The summed E-state index contributed by atoms with van der Waals surface area (Å²) in [5, 5.41) is 12.8. The molecule has 0 saturated carbocycles. The minimum absolute atomic E-state index is 0.362. The Morgan fingerprint density at radius 3 is 2.40 bits per heavy atom. The molecule has 0 spiro atoms. The van der Waals surface area contributed by atoms with Crippen molar-refractivity contribution in [3.63, 3.8) is 0 Å². The molecule has 6 nitrogen and oxygen atoms in total. The Morgan fingerprint density at radius 1 is 1.03 bits per heavy atom. The number of aryl methyl sites for hydroxylation is 1. The zero-order valence-electron chi connectivity index (χ0n) is 15.5. The monoisotopic (exact) mass is 449 g/mol. The average Bonchev–Trinajstić information content (AvgIpc) is 3.33. The third kappa shape index (κ3) is 4.68. The van der Waals surface area contributed by atoms with Crippen molar-refractivity contribution in [1.29, 1.82) is 0 Å². The number of aromatic nitrogens is 5. The van der Waals surface area contributed by atoms with Crippen molar-refractivity contribution in [2.45, 2.75) is 28.5 Å². The third-order valence-electron chi connectivity index (χ3n) is 3.95. The minimum atomic E-state index is -2.50. The van der Waals surface area contributed by atoms with Crippen LogP contribution in [0.3, 0.4) is 0 Å². The first-order valence-corrected chi connectivity index (χ1v) is 10.5. The average molecular weight is 449 g/mol. The van der Waals surface area contributed by atoms with Crippen LogP contribution in [0.2, 0.25) is 0 Å². The Kier molecular flexibility index (Phi) is 6.09. The minimum Gasteiger partial charge on any atom is -0.338 e. The molecule has 0 aliphatic heterocycles. The van der Waals surface area contributed by atoms with Crippen LogP contribution in [0.5, 0.6) is 0 Å².